The van der Waals surface area contributed by atoms with E-state index < -0.39 is 0 Å². The van der Waals surface area contributed by atoms with Gasteiger partial charge in [0.15, 0.2) is 5.65 Å². The number of hydrogen-bond donors (Lipinski definition) is 1. The zero-order chi connectivity index (χ0) is 7.84. The molecule has 0 aromatic carbocycles. The Kier molecular flexibility index (Phi) is 3.97. The number of hydrogen-bond acceptors (Lipinski definition) is 3. The van der Waals surface area contributed by atoms with Crippen LogP contribution in [0.4, 0.5) is 5.82 Å². The normalized spacial score (nSPS) is 9.00. The summed E-state index contributed by atoms with van der Waals surface area (Å²) in [4.78, 5) is 8.12. The van der Waals surface area contributed by atoms with Crippen molar-refractivity contribution in [1.29, 1.82) is 0 Å². The minimum Gasteiger partial charge on any atom is -0.383 e. The van der Waals surface area contributed by atoms with Gasteiger partial charge >= 0.3 is 0 Å². The van der Waals surface area contributed by atoms with Gasteiger partial charge in [-0.05, 0) is 6.92 Å². The topological polar surface area (TPSA) is 56.2 Å². The van der Waals surface area contributed by atoms with Crippen molar-refractivity contribution in [3.05, 3.63) is 24.3 Å². The Hall–Kier alpha value is -1.000. The molecule has 0 fully saturated rings. The van der Waals surface area contributed by atoms with E-state index in [-0.39, 0.29) is 24.8 Å². The van der Waals surface area contributed by atoms with E-state index in [0.29, 0.717) is 5.82 Å². The molecule has 72 valence electrons. The molecule has 0 bridgehead atoms. The van der Waals surface area contributed by atoms with Crippen molar-refractivity contribution < 1.29 is 0 Å². The third-order valence-corrected chi connectivity index (χ3v) is 1.65. The maximum atomic E-state index is 5.71. The molecule has 4 nitrogen and oxygen atoms in total. The van der Waals surface area contributed by atoms with Crippen LogP contribution in [0.3, 0.4) is 0 Å². The Morgan fingerprint density at radius 1 is 1.38 bits per heavy atom. The van der Waals surface area contributed by atoms with E-state index in [1.165, 1.54) is 0 Å². The highest BCUT2D eigenvalue weighted by atomic mass is 35.5. The highest BCUT2D eigenvalue weighted by Gasteiger charge is 2.02. The number of anilines is 1. The Balaban J connectivity index is 0.000000720. The molecule has 2 aromatic rings. The summed E-state index contributed by atoms with van der Waals surface area (Å²) in [5.41, 5.74) is 7.35. The van der Waals surface area contributed by atoms with Crippen LogP contribution in [0.15, 0.2) is 18.6 Å². The van der Waals surface area contributed by atoms with Crippen molar-refractivity contribution in [1.82, 2.24) is 14.4 Å². The molecule has 6 heteroatoms. The Bertz CT molecular complexity index is 398. The van der Waals surface area contributed by atoms with Gasteiger partial charge in [-0.1, -0.05) is 0 Å². The van der Waals surface area contributed by atoms with Crippen molar-refractivity contribution in [2.45, 2.75) is 6.92 Å². The van der Waals surface area contributed by atoms with E-state index in [4.69, 9.17) is 5.73 Å². The van der Waals surface area contributed by atoms with Crippen molar-refractivity contribution in [3.63, 3.8) is 0 Å². The van der Waals surface area contributed by atoms with Crippen LogP contribution < -0.4 is 5.73 Å². The molecular weight excluding hydrogens is 211 g/mol. The quantitative estimate of drug-likeness (QED) is 0.732. The SMILES string of the molecule is Cc1nc2cnccn2c1N.Cl.Cl. The lowest BCUT2D eigenvalue weighted by atomic mass is 10.5. The number of nitrogen functional groups attached to an aromatic ring is 1. The highest BCUT2D eigenvalue weighted by molar-refractivity contribution is 5.85. The molecule has 2 N–H and O–H groups in total. The molecule has 0 unspecified atom stereocenters. The summed E-state index contributed by atoms with van der Waals surface area (Å²) in [6.07, 6.45) is 5.17. The molecule has 0 aliphatic carbocycles. The zero-order valence-electron chi connectivity index (χ0n) is 6.97. The van der Waals surface area contributed by atoms with Gasteiger partial charge in [0.1, 0.15) is 5.82 Å². The molecule has 0 saturated heterocycles. The fraction of sp³-hybridized carbons (Fsp3) is 0.143. The second-order valence-electron chi connectivity index (χ2n) is 2.39. The zero-order valence-corrected chi connectivity index (χ0v) is 8.60. The average Bonchev–Trinajstić information content (AvgIpc) is 2.30. The van der Waals surface area contributed by atoms with E-state index in [1.54, 1.807) is 18.6 Å². The fourth-order valence-corrected chi connectivity index (χ4v) is 1.04. The van der Waals surface area contributed by atoms with Crippen LogP contribution in [-0.4, -0.2) is 14.4 Å². The summed E-state index contributed by atoms with van der Waals surface area (Å²) in [5, 5.41) is 0. The van der Waals surface area contributed by atoms with Crippen LogP contribution in [0.25, 0.3) is 5.65 Å². The second kappa shape index (κ2) is 4.30. The molecule has 0 atom stereocenters. The lowest BCUT2D eigenvalue weighted by Crippen LogP contribution is -1.93. The number of fused-ring (bicyclic) bond motifs is 1. The summed E-state index contributed by atoms with van der Waals surface area (Å²) >= 11 is 0. The van der Waals surface area contributed by atoms with Gasteiger partial charge in [-0.3, -0.25) is 9.38 Å². The molecule has 13 heavy (non-hydrogen) atoms. The van der Waals surface area contributed by atoms with E-state index in [1.807, 2.05) is 11.3 Å². The Morgan fingerprint density at radius 2 is 2.08 bits per heavy atom. The third kappa shape index (κ3) is 1.84. The van der Waals surface area contributed by atoms with Crippen molar-refractivity contribution in [3.8, 4) is 0 Å². The monoisotopic (exact) mass is 220 g/mol. The maximum Gasteiger partial charge on any atom is 0.157 e. The fourth-order valence-electron chi connectivity index (χ4n) is 1.04. The van der Waals surface area contributed by atoms with E-state index in [0.717, 1.165) is 11.3 Å². The van der Waals surface area contributed by atoms with E-state index in [9.17, 15) is 0 Å². The van der Waals surface area contributed by atoms with Crippen LogP contribution in [-0.2, 0) is 0 Å². The third-order valence-electron chi connectivity index (χ3n) is 1.65. The lowest BCUT2D eigenvalue weighted by molar-refractivity contribution is 1.13. The molecule has 0 amide bonds. The van der Waals surface area contributed by atoms with Gasteiger partial charge in [-0.15, -0.1) is 24.8 Å². The first kappa shape index (κ1) is 12.0. The average molecular weight is 221 g/mol. The van der Waals surface area contributed by atoms with Gasteiger partial charge in [0.2, 0.25) is 0 Å². The minimum atomic E-state index is 0. The van der Waals surface area contributed by atoms with E-state index >= 15 is 0 Å². The molecule has 0 saturated carbocycles. The Morgan fingerprint density at radius 3 is 2.69 bits per heavy atom. The van der Waals surface area contributed by atoms with Gasteiger partial charge in [0, 0.05) is 12.4 Å². The van der Waals surface area contributed by atoms with Gasteiger partial charge < -0.3 is 5.73 Å². The Labute approximate surface area is 88.0 Å². The summed E-state index contributed by atoms with van der Waals surface area (Å²) in [6.45, 7) is 1.88. The van der Waals surface area contributed by atoms with Gasteiger partial charge in [0.25, 0.3) is 0 Å². The molecule has 0 spiro atoms. The van der Waals surface area contributed by atoms with Crippen LogP contribution in [0.2, 0.25) is 0 Å². The van der Waals surface area contributed by atoms with Crippen LogP contribution >= 0.6 is 24.8 Å². The van der Waals surface area contributed by atoms with Crippen molar-refractivity contribution >= 4 is 36.3 Å². The maximum absolute atomic E-state index is 5.71. The molecule has 0 radical (unpaired) electrons. The standard InChI is InChI=1S/C7H8N4.2ClH/c1-5-7(8)11-3-2-9-4-6(11)10-5;;/h2-4H,8H2,1H3;2*1H. The number of nitrogens with two attached hydrogens (primary N) is 1. The number of halogens is 2. The van der Waals surface area contributed by atoms with Crippen molar-refractivity contribution in [2.24, 2.45) is 0 Å². The van der Waals surface area contributed by atoms with E-state index in [2.05, 4.69) is 9.97 Å². The van der Waals surface area contributed by atoms with Crippen molar-refractivity contribution in [2.75, 3.05) is 5.73 Å². The summed E-state index contributed by atoms with van der Waals surface area (Å²) in [7, 11) is 0. The molecular formula is C7H10Cl2N4. The van der Waals surface area contributed by atoms with Crippen LogP contribution in [0, 0.1) is 6.92 Å². The van der Waals surface area contributed by atoms with Gasteiger partial charge in [0.05, 0.1) is 11.9 Å². The first-order valence-corrected chi connectivity index (χ1v) is 3.33. The number of rotatable bonds is 0. The molecule has 0 aliphatic rings. The molecule has 0 aliphatic heterocycles. The lowest BCUT2D eigenvalue weighted by Gasteiger charge is -1.92. The molecule has 2 heterocycles. The van der Waals surface area contributed by atoms with Crippen LogP contribution in [0.1, 0.15) is 5.69 Å². The molecule has 2 aromatic heterocycles. The first-order valence-electron chi connectivity index (χ1n) is 3.33. The predicted molar refractivity (Wildman–Crippen MR) is 56.6 cm³/mol. The van der Waals surface area contributed by atoms with Gasteiger partial charge in [-0.25, -0.2) is 4.98 Å². The number of imidazole rings is 1. The largest absolute Gasteiger partial charge is 0.383 e. The first-order chi connectivity index (χ1) is 5.29. The number of nitrogens with zero attached hydrogens (tertiary/aromatic N) is 3. The highest BCUT2D eigenvalue weighted by Crippen LogP contribution is 2.11. The van der Waals surface area contributed by atoms with Crippen LogP contribution in [0.5, 0.6) is 0 Å². The summed E-state index contributed by atoms with van der Waals surface area (Å²) < 4.78 is 1.81. The summed E-state index contributed by atoms with van der Waals surface area (Å²) in [5.74, 6) is 0.683. The number of aromatic nitrogens is 3. The molecule has 2 rings (SSSR count). The van der Waals surface area contributed by atoms with Gasteiger partial charge in [-0.2, -0.15) is 0 Å². The smallest absolute Gasteiger partial charge is 0.157 e. The second-order valence-corrected chi connectivity index (χ2v) is 2.39. The summed E-state index contributed by atoms with van der Waals surface area (Å²) in [6, 6.07) is 0. The number of aryl methyl sites for hydroxylation is 1. The minimum absolute atomic E-state index is 0. The predicted octanol–water partition coefficient (Wildman–Crippen LogP) is 1.46.